The van der Waals surface area contributed by atoms with E-state index >= 15 is 0 Å². The molecule has 0 saturated carbocycles. The Morgan fingerprint density at radius 2 is 2.10 bits per heavy atom. The third-order valence-corrected chi connectivity index (χ3v) is 4.23. The summed E-state index contributed by atoms with van der Waals surface area (Å²) in [5.74, 6) is 0.321. The first-order chi connectivity index (χ1) is 9.84. The number of fused-ring (bicyclic) bond motifs is 1. The molecule has 116 valence electrons. The Labute approximate surface area is 125 Å². The molecule has 1 heterocycles. The van der Waals surface area contributed by atoms with Crippen molar-refractivity contribution < 1.29 is 21.9 Å². The Bertz CT molecular complexity index is 743. The van der Waals surface area contributed by atoms with E-state index in [1.165, 1.54) is 4.57 Å². The SMILES string of the molecule is CCCOc1cccc2c1c(S(=O)(=O)Cl)cn2CC(F)F. The van der Waals surface area contributed by atoms with Crippen LogP contribution in [0.15, 0.2) is 29.3 Å². The molecular formula is C13H14ClF2NO3S. The molecule has 1 aromatic heterocycles. The molecule has 0 fully saturated rings. The van der Waals surface area contributed by atoms with Crippen LogP contribution >= 0.6 is 10.7 Å². The Balaban J connectivity index is 2.69. The third-order valence-electron chi connectivity index (χ3n) is 2.89. The minimum atomic E-state index is -4.07. The van der Waals surface area contributed by atoms with Crippen molar-refractivity contribution in [2.45, 2.75) is 31.2 Å². The molecule has 0 aliphatic rings. The highest BCUT2D eigenvalue weighted by molar-refractivity contribution is 8.14. The van der Waals surface area contributed by atoms with Gasteiger partial charge in [-0.2, -0.15) is 0 Å². The topological polar surface area (TPSA) is 48.3 Å². The van der Waals surface area contributed by atoms with E-state index in [1.807, 2.05) is 6.92 Å². The van der Waals surface area contributed by atoms with E-state index in [0.29, 0.717) is 17.9 Å². The summed E-state index contributed by atoms with van der Waals surface area (Å²) < 4.78 is 55.3. The number of nitrogens with zero attached hydrogens (tertiary/aromatic N) is 1. The number of benzene rings is 1. The minimum absolute atomic E-state index is 0.216. The molecule has 0 atom stereocenters. The summed E-state index contributed by atoms with van der Waals surface area (Å²) in [5, 5.41) is 0.238. The van der Waals surface area contributed by atoms with Crippen molar-refractivity contribution in [1.29, 1.82) is 0 Å². The molecule has 4 nitrogen and oxygen atoms in total. The van der Waals surface area contributed by atoms with Crippen LogP contribution in [0.4, 0.5) is 8.78 Å². The number of aromatic nitrogens is 1. The Hall–Kier alpha value is -1.34. The summed E-state index contributed by atoms with van der Waals surface area (Å²) in [5.41, 5.74) is 0.350. The number of ether oxygens (including phenoxy) is 1. The zero-order valence-electron chi connectivity index (χ0n) is 11.2. The van der Waals surface area contributed by atoms with Gasteiger partial charge in [0.25, 0.3) is 15.5 Å². The molecule has 0 saturated heterocycles. The average Bonchev–Trinajstić information content (AvgIpc) is 2.75. The second-order valence-corrected chi connectivity index (χ2v) is 7.01. The molecule has 21 heavy (non-hydrogen) atoms. The molecule has 2 aromatic rings. The van der Waals surface area contributed by atoms with Crippen LogP contribution in [0, 0.1) is 0 Å². The second kappa shape index (κ2) is 6.19. The zero-order chi connectivity index (χ0) is 15.6. The summed E-state index contributed by atoms with van der Waals surface area (Å²) >= 11 is 0. The van der Waals surface area contributed by atoms with E-state index in [-0.39, 0.29) is 10.3 Å². The standard InChI is InChI=1S/C13H14ClF2NO3S/c1-2-6-20-10-5-3-4-9-13(10)11(21(14,18)19)7-17(9)8-12(15)16/h3-5,7,12H,2,6,8H2,1H3. The van der Waals surface area contributed by atoms with Crippen LogP contribution < -0.4 is 4.74 Å². The lowest BCUT2D eigenvalue weighted by Crippen LogP contribution is -2.05. The molecule has 0 spiro atoms. The van der Waals surface area contributed by atoms with Crippen LogP contribution in [0.2, 0.25) is 0 Å². The third kappa shape index (κ3) is 3.47. The maximum absolute atomic E-state index is 12.6. The highest BCUT2D eigenvalue weighted by Gasteiger charge is 2.23. The van der Waals surface area contributed by atoms with Crippen LogP contribution in [0.5, 0.6) is 5.75 Å². The largest absolute Gasteiger partial charge is 0.493 e. The lowest BCUT2D eigenvalue weighted by atomic mass is 10.2. The summed E-state index contributed by atoms with van der Waals surface area (Å²) in [6, 6.07) is 4.78. The molecule has 0 N–H and O–H groups in total. The van der Waals surface area contributed by atoms with Crippen LogP contribution in [-0.2, 0) is 15.6 Å². The predicted octanol–water partition coefficient (Wildman–Crippen LogP) is 3.62. The molecule has 0 aliphatic carbocycles. The van der Waals surface area contributed by atoms with Gasteiger partial charge in [-0.1, -0.05) is 13.0 Å². The van der Waals surface area contributed by atoms with Crippen molar-refractivity contribution in [3.05, 3.63) is 24.4 Å². The molecular weight excluding hydrogens is 324 g/mol. The van der Waals surface area contributed by atoms with Gasteiger partial charge in [0, 0.05) is 16.9 Å². The zero-order valence-corrected chi connectivity index (χ0v) is 12.8. The van der Waals surface area contributed by atoms with Crippen LogP contribution in [0.3, 0.4) is 0 Å². The van der Waals surface area contributed by atoms with Crippen molar-refractivity contribution in [2.75, 3.05) is 6.61 Å². The van der Waals surface area contributed by atoms with Crippen molar-refractivity contribution >= 4 is 30.6 Å². The summed E-state index contributed by atoms with van der Waals surface area (Å²) in [6.45, 7) is 1.68. The normalized spacial score (nSPS) is 12.2. The van der Waals surface area contributed by atoms with Gasteiger partial charge in [0.1, 0.15) is 10.6 Å². The Kier molecular flexibility index (Phi) is 4.73. The van der Waals surface area contributed by atoms with Gasteiger partial charge in [-0.05, 0) is 18.6 Å². The average molecular weight is 338 g/mol. The Morgan fingerprint density at radius 1 is 1.38 bits per heavy atom. The summed E-state index contributed by atoms with van der Waals surface area (Å²) in [4.78, 5) is -0.216. The number of rotatable bonds is 6. The van der Waals surface area contributed by atoms with Crippen LogP contribution in [0.25, 0.3) is 10.9 Å². The van der Waals surface area contributed by atoms with E-state index in [2.05, 4.69) is 0 Å². The lowest BCUT2D eigenvalue weighted by molar-refractivity contribution is 0.128. The van der Waals surface area contributed by atoms with Crippen LogP contribution in [-0.4, -0.2) is 26.0 Å². The van der Waals surface area contributed by atoms with Gasteiger partial charge in [-0.25, -0.2) is 17.2 Å². The fourth-order valence-electron chi connectivity index (χ4n) is 2.10. The number of halogens is 3. The van der Waals surface area contributed by atoms with Crippen LogP contribution in [0.1, 0.15) is 13.3 Å². The fourth-order valence-corrected chi connectivity index (χ4v) is 3.15. The molecule has 0 amide bonds. The second-order valence-electron chi connectivity index (χ2n) is 4.47. The number of alkyl halides is 2. The van der Waals surface area contributed by atoms with Crippen molar-refractivity contribution in [3.8, 4) is 5.75 Å². The van der Waals surface area contributed by atoms with E-state index in [9.17, 15) is 17.2 Å². The molecule has 0 radical (unpaired) electrons. The van der Waals surface area contributed by atoms with Gasteiger partial charge in [0.15, 0.2) is 0 Å². The van der Waals surface area contributed by atoms with Gasteiger partial charge >= 0.3 is 0 Å². The smallest absolute Gasteiger partial charge is 0.263 e. The first-order valence-electron chi connectivity index (χ1n) is 6.32. The van der Waals surface area contributed by atoms with E-state index in [4.69, 9.17) is 15.4 Å². The van der Waals surface area contributed by atoms with Gasteiger partial charge in [0.05, 0.1) is 24.1 Å². The highest BCUT2D eigenvalue weighted by atomic mass is 35.7. The van der Waals surface area contributed by atoms with Gasteiger partial charge in [-0.3, -0.25) is 0 Å². The van der Waals surface area contributed by atoms with E-state index in [0.717, 1.165) is 12.6 Å². The van der Waals surface area contributed by atoms with Crippen molar-refractivity contribution in [1.82, 2.24) is 4.57 Å². The quantitative estimate of drug-likeness (QED) is 0.756. The van der Waals surface area contributed by atoms with Crippen molar-refractivity contribution in [3.63, 3.8) is 0 Å². The summed E-state index contributed by atoms with van der Waals surface area (Å²) in [6.07, 6.45) is -0.749. The Morgan fingerprint density at radius 3 is 2.67 bits per heavy atom. The number of hydrogen-bond donors (Lipinski definition) is 0. The molecule has 2 rings (SSSR count). The first-order valence-corrected chi connectivity index (χ1v) is 8.63. The van der Waals surface area contributed by atoms with E-state index in [1.54, 1.807) is 18.2 Å². The highest BCUT2D eigenvalue weighted by Crippen LogP contribution is 2.35. The van der Waals surface area contributed by atoms with Gasteiger partial charge < -0.3 is 9.30 Å². The maximum atomic E-state index is 12.6. The predicted molar refractivity (Wildman–Crippen MR) is 76.8 cm³/mol. The van der Waals surface area contributed by atoms with E-state index < -0.39 is 22.0 Å². The molecule has 0 aliphatic heterocycles. The van der Waals surface area contributed by atoms with Crippen molar-refractivity contribution in [2.24, 2.45) is 0 Å². The fraction of sp³-hybridized carbons (Fsp3) is 0.385. The monoisotopic (exact) mass is 337 g/mol. The minimum Gasteiger partial charge on any atom is -0.493 e. The van der Waals surface area contributed by atoms with Gasteiger partial charge in [0.2, 0.25) is 0 Å². The lowest BCUT2D eigenvalue weighted by Gasteiger charge is -2.08. The number of hydrogen-bond acceptors (Lipinski definition) is 3. The molecule has 0 unspecified atom stereocenters. The summed E-state index contributed by atoms with van der Waals surface area (Å²) in [7, 11) is 1.34. The molecule has 1 aromatic carbocycles. The first kappa shape index (κ1) is 16.0. The molecule has 0 bridgehead atoms. The maximum Gasteiger partial charge on any atom is 0.263 e. The molecule has 8 heteroatoms. The van der Waals surface area contributed by atoms with Gasteiger partial charge in [-0.15, -0.1) is 0 Å².